The first kappa shape index (κ1) is 12.4. The summed E-state index contributed by atoms with van der Waals surface area (Å²) in [6.45, 7) is 5.35. The summed E-state index contributed by atoms with van der Waals surface area (Å²) in [7, 11) is 0. The normalized spacial score (nSPS) is 10.1. The van der Waals surface area contributed by atoms with Gasteiger partial charge in [-0.25, -0.2) is 4.98 Å². The predicted molar refractivity (Wildman–Crippen MR) is 62.0 cm³/mol. The first-order valence-corrected chi connectivity index (χ1v) is 5.17. The van der Waals surface area contributed by atoms with Crippen molar-refractivity contribution in [2.24, 2.45) is 5.73 Å². The molecule has 0 amide bonds. The van der Waals surface area contributed by atoms with E-state index in [4.69, 9.17) is 20.6 Å². The fourth-order valence-corrected chi connectivity index (χ4v) is 1.19. The molecule has 0 aromatic carbocycles. The highest BCUT2D eigenvalue weighted by molar-refractivity contribution is 5.97. The van der Waals surface area contributed by atoms with Crippen LogP contribution in [0.2, 0.25) is 0 Å². The number of hydrogen-bond donors (Lipinski definition) is 2. The Labute approximate surface area is 95.1 Å². The zero-order valence-corrected chi connectivity index (χ0v) is 9.62. The predicted octanol–water partition coefficient (Wildman–Crippen LogP) is 1.09. The third-order valence-electron chi connectivity index (χ3n) is 1.96. The van der Waals surface area contributed by atoms with Gasteiger partial charge in [0, 0.05) is 12.3 Å². The van der Waals surface area contributed by atoms with Crippen LogP contribution in [0.15, 0.2) is 12.1 Å². The van der Waals surface area contributed by atoms with Gasteiger partial charge in [0.1, 0.15) is 12.4 Å². The molecule has 0 saturated carbocycles. The number of aromatic nitrogens is 1. The quantitative estimate of drug-likeness (QED) is 0.429. The SMILES string of the molecule is CCOCCOc1nc(C)ccc1C(=N)N. The van der Waals surface area contributed by atoms with Crippen LogP contribution in [0.4, 0.5) is 0 Å². The topological polar surface area (TPSA) is 81.2 Å². The van der Waals surface area contributed by atoms with Gasteiger partial charge in [-0.15, -0.1) is 0 Å². The molecule has 1 aromatic rings. The zero-order chi connectivity index (χ0) is 12.0. The van der Waals surface area contributed by atoms with Gasteiger partial charge in [0.25, 0.3) is 0 Å². The van der Waals surface area contributed by atoms with Crippen LogP contribution in [-0.4, -0.2) is 30.6 Å². The molecule has 0 aliphatic heterocycles. The number of nitrogens with two attached hydrogens (primary N) is 1. The lowest BCUT2D eigenvalue weighted by Crippen LogP contribution is -2.16. The van der Waals surface area contributed by atoms with Crippen molar-refractivity contribution in [3.8, 4) is 5.88 Å². The Bertz CT molecular complexity index is 366. The maximum absolute atomic E-state index is 7.39. The van der Waals surface area contributed by atoms with Gasteiger partial charge in [0.15, 0.2) is 0 Å². The smallest absolute Gasteiger partial charge is 0.224 e. The third kappa shape index (κ3) is 3.51. The molecule has 3 N–H and O–H groups in total. The second-order valence-electron chi connectivity index (χ2n) is 3.26. The third-order valence-corrected chi connectivity index (χ3v) is 1.96. The van der Waals surface area contributed by atoms with Crippen molar-refractivity contribution in [3.05, 3.63) is 23.4 Å². The molecule has 16 heavy (non-hydrogen) atoms. The minimum absolute atomic E-state index is 0.0427. The Hall–Kier alpha value is -1.62. The summed E-state index contributed by atoms with van der Waals surface area (Å²) in [5.41, 5.74) is 6.77. The Morgan fingerprint density at radius 1 is 1.44 bits per heavy atom. The molecule has 0 aliphatic rings. The second-order valence-corrected chi connectivity index (χ2v) is 3.26. The van der Waals surface area contributed by atoms with E-state index in [9.17, 15) is 0 Å². The highest BCUT2D eigenvalue weighted by atomic mass is 16.5. The molecule has 5 heteroatoms. The standard InChI is InChI=1S/C11H17N3O2/c1-3-15-6-7-16-11-9(10(12)13)5-4-8(2)14-11/h4-5H,3,6-7H2,1-2H3,(H3,12,13). The number of nitrogens with one attached hydrogen (secondary N) is 1. The zero-order valence-electron chi connectivity index (χ0n) is 9.62. The summed E-state index contributed by atoms with van der Waals surface area (Å²) in [4.78, 5) is 4.19. The van der Waals surface area contributed by atoms with Crippen LogP contribution >= 0.6 is 0 Å². The molecule has 0 radical (unpaired) electrons. The van der Waals surface area contributed by atoms with Gasteiger partial charge < -0.3 is 15.2 Å². The van der Waals surface area contributed by atoms with Gasteiger partial charge in [0.05, 0.1) is 12.2 Å². The van der Waals surface area contributed by atoms with Crippen molar-refractivity contribution in [2.75, 3.05) is 19.8 Å². The number of nitrogen functional groups attached to an aromatic ring is 1. The maximum Gasteiger partial charge on any atom is 0.224 e. The van der Waals surface area contributed by atoms with Crippen molar-refractivity contribution in [2.45, 2.75) is 13.8 Å². The molecule has 0 saturated heterocycles. The number of nitrogens with zero attached hydrogens (tertiary/aromatic N) is 1. The van der Waals surface area contributed by atoms with Crippen molar-refractivity contribution < 1.29 is 9.47 Å². The molecule has 0 spiro atoms. The van der Waals surface area contributed by atoms with Crippen molar-refractivity contribution in [1.82, 2.24) is 4.98 Å². The first-order valence-electron chi connectivity index (χ1n) is 5.17. The monoisotopic (exact) mass is 223 g/mol. The van der Waals surface area contributed by atoms with Crippen molar-refractivity contribution in [1.29, 1.82) is 5.41 Å². The average Bonchev–Trinajstić information content (AvgIpc) is 2.24. The Balaban J connectivity index is 2.68. The van der Waals surface area contributed by atoms with Crippen LogP contribution in [0.5, 0.6) is 5.88 Å². The molecule has 5 nitrogen and oxygen atoms in total. The van der Waals surface area contributed by atoms with Gasteiger partial charge in [-0.05, 0) is 26.0 Å². The molecule has 0 atom stereocenters. The largest absolute Gasteiger partial charge is 0.475 e. The van der Waals surface area contributed by atoms with Gasteiger partial charge in [-0.2, -0.15) is 0 Å². The lowest BCUT2D eigenvalue weighted by molar-refractivity contribution is 0.108. The van der Waals surface area contributed by atoms with E-state index in [0.717, 1.165) is 5.69 Å². The number of hydrogen-bond acceptors (Lipinski definition) is 4. The molecule has 0 bridgehead atoms. The summed E-state index contributed by atoms with van der Waals surface area (Å²) in [5.74, 6) is 0.353. The van der Waals surface area contributed by atoms with Gasteiger partial charge in [-0.3, -0.25) is 5.41 Å². The lowest BCUT2D eigenvalue weighted by Gasteiger charge is -2.10. The van der Waals surface area contributed by atoms with Gasteiger partial charge in [-0.1, -0.05) is 0 Å². The lowest BCUT2D eigenvalue weighted by atomic mass is 10.2. The van der Waals surface area contributed by atoms with Gasteiger partial charge in [0.2, 0.25) is 5.88 Å². The van der Waals surface area contributed by atoms with E-state index in [1.54, 1.807) is 12.1 Å². The summed E-state index contributed by atoms with van der Waals surface area (Å²) >= 11 is 0. The van der Waals surface area contributed by atoms with Crippen molar-refractivity contribution >= 4 is 5.84 Å². The molecule has 1 rings (SSSR count). The highest BCUT2D eigenvalue weighted by Crippen LogP contribution is 2.15. The Kier molecular flexibility index (Phi) is 4.72. The Morgan fingerprint density at radius 3 is 2.81 bits per heavy atom. The fourth-order valence-electron chi connectivity index (χ4n) is 1.19. The molecular weight excluding hydrogens is 206 g/mol. The maximum atomic E-state index is 7.39. The van der Waals surface area contributed by atoms with Crippen LogP contribution in [0.3, 0.4) is 0 Å². The molecule has 1 heterocycles. The number of amidine groups is 1. The van der Waals surface area contributed by atoms with E-state index < -0.39 is 0 Å². The van der Waals surface area contributed by atoms with E-state index in [2.05, 4.69) is 4.98 Å². The molecule has 0 aliphatic carbocycles. The summed E-state index contributed by atoms with van der Waals surface area (Å²) < 4.78 is 10.6. The number of rotatable bonds is 6. The minimum atomic E-state index is -0.0427. The van der Waals surface area contributed by atoms with E-state index >= 15 is 0 Å². The highest BCUT2D eigenvalue weighted by Gasteiger charge is 2.08. The molecular formula is C11H17N3O2. The summed E-state index contributed by atoms with van der Waals surface area (Å²) in [6, 6.07) is 3.53. The second kappa shape index (κ2) is 6.07. The first-order chi connectivity index (χ1) is 7.65. The minimum Gasteiger partial charge on any atom is -0.475 e. The molecule has 0 unspecified atom stereocenters. The van der Waals surface area contributed by atoms with Crippen LogP contribution < -0.4 is 10.5 Å². The van der Waals surface area contributed by atoms with Crippen LogP contribution in [0.25, 0.3) is 0 Å². The Morgan fingerprint density at radius 2 is 2.19 bits per heavy atom. The van der Waals surface area contributed by atoms with E-state index in [0.29, 0.717) is 31.3 Å². The fraction of sp³-hybridized carbons (Fsp3) is 0.455. The van der Waals surface area contributed by atoms with Crippen LogP contribution in [0.1, 0.15) is 18.2 Å². The van der Waals surface area contributed by atoms with Crippen molar-refractivity contribution in [3.63, 3.8) is 0 Å². The van der Waals surface area contributed by atoms with Crippen LogP contribution in [0, 0.1) is 12.3 Å². The van der Waals surface area contributed by atoms with E-state index in [1.807, 2.05) is 13.8 Å². The van der Waals surface area contributed by atoms with Gasteiger partial charge >= 0.3 is 0 Å². The number of pyridine rings is 1. The molecule has 1 aromatic heterocycles. The van der Waals surface area contributed by atoms with E-state index in [1.165, 1.54) is 0 Å². The molecule has 0 fully saturated rings. The number of ether oxygens (including phenoxy) is 2. The molecule has 88 valence electrons. The number of aryl methyl sites for hydroxylation is 1. The summed E-state index contributed by atoms with van der Waals surface area (Å²) in [6.07, 6.45) is 0. The van der Waals surface area contributed by atoms with E-state index in [-0.39, 0.29) is 5.84 Å². The van der Waals surface area contributed by atoms with Crippen LogP contribution in [-0.2, 0) is 4.74 Å². The summed E-state index contributed by atoms with van der Waals surface area (Å²) in [5, 5.41) is 7.39. The average molecular weight is 223 g/mol.